The van der Waals surface area contributed by atoms with E-state index in [0.29, 0.717) is 17.1 Å². The molecule has 0 atom stereocenters. The molecular formula is C10H9NO4. The molecule has 15 heavy (non-hydrogen) atoms. The van der Waals surface area contributed by atoms with Crippen molar-refractivity contribution in [3.05, 3.63) is 33.9 Å². The van der Waals surface area contributed by atoms with Crippen molar-refractivity contribution in [1.29, 1.82) is 0 Å². The fourth-order valence-electron chi connectivity index (χ4n) is 1.42. The molecule has 78 valence electrons. The highest BCUT2D eigenvalue weighted by molar-refractivity contribution is 5.66. The lowest BCUT2D eigenvalue weighted by molar-refractivity contribution is -0.385. The first-order chi connectivity index (χ1) is 7.22. The third kappa shape index (κ3) is 1.63. The summed E-state index contributed by atoms with van der Waals surface area (Å²) in [5, 5.41) is 10.8. The van der Waals surface area contributed by atoms with Gasteiger partial charge in [0.25, 0.3) is 5.69 Å². The lowest BCUT2D eigenvalue weighted by atomic mass is 10.1. The van der Waals surface area contributed by atoms with E-state index < -0.39 is 4.92 Å². The van der Waals surface area contributed by atoms with Gasteiger partial charge in [0, 0.05) is 0 Å². The SMILES string of the molecule is C/C=C/c1cc2c(cc1[N+](=O)[O-])OCO2. The number of rotatable bonds is 2. The molecule has 0 amide bonds. The predicted molar refractivity (Wildman–Crippen MR) is 53.9 cm³/mol. The van der Waals surface area contributed by atoms with Gasteiger partial charge in [0.1, 0.15) is 0 Å². The van der Waals surface area contributed by atoms with Crippen molar-refractivity contribution in [2.75, 3.05) is 6.79 Å². The number of allylic oxidation sites excluding steroid dienone is 1. The van der Waals surface area contributed by atoms with Crippen LogP contribution in [-0.2, 0) is 0 Å². The number of benzene rings is 1. The molecule has 1 aromatic rings. The van der Waals surface area contributed by atoms with E-state index in [0.717, 1.165) is 0 Å². The topological polar surface area (TPSA) is 61.6 Å². The number of hydrogen-bond acceptors (Lipinski definition) is 4. The molecule has 0 bridgehead atoms. The average molecular weight is 207 g/mol. The van der Waals surface area contributed by atoms with Gasteiger partial charge in [0.15, 0.2) is 11.5 Å². The zero-order chi connectivity index (χ0) is 10.8. The van der Waals surface area contributed by atoms with Crippen LogP contribution in [0.15, 0.2) is 18.2 Å². The first-order valence-electron chi connectivity index (χ1n) is 4.43. The van der Waals surface area contributed by atoms with E-state index in [2.05, 4.69) is 0 Å². The molecule has 2 rings (SSSR count). The maximum atomic E-state index is 10.8. The highest BCUT2D eigenvalue weighted by atomic mass is 16.7. The van der Waals surface area contributed by atoms with Gasteiger partial charge in [-0.1, -0.05) is 12.2 Å². The fraction of sp³-hybridized carbons (Fsp3) is 0.200. The van der Waals surface area contributed by atoms with Crippen molar-refractivity contribution >= 4 is 11.8 Å². The number of fused-ring (bicyclic) bond motifs is 1. The maximum absolute atomic E-state index is 10.8. The second-order valence-electron chi connectivity index (χ2n) is 3.02. The normalized spacial score (nSPS) is 13.4. The molecule has 0 radical (unpaired) electrons. The third-order valence-corrected chi connectivity index (χ3v) is 2.06. The molecule has 0 aromatic heterocycles. The quantitative estimate of drug-likeness (QED) is 0.551. The van der Waals surface area contributed by atoms with Crippen LogP contribution in [0.2, 0.25) is 0 Å². The van der Waals surface area contributed by atoms with Gasteiger partial charge in [-0.15, -0.1) is 0 Å². The van der Waals surface area contributed by atoms with Gasteiger partial charge < -0.3 is 9.47 Å². The highest BCUT2D eigenvalue weighted by Crippen LogP contribution is 2.38. The van der Waals surface area contributed by atoms with Crippen LogP contribution in [0.1, 0.15) is 12.5 Å². The summed E-state index contributed by atoms with van der Waals surface area (Å²) < 4.78 is 10.2. The molecule has 0 N–H and O–H groups in total. The van der Waals surface area contributed by atoms with Crippen LogP contribution in [0.4, 0.5) is 5.69 Å². The van der Waals surface area contributed by atoms with Gasteiger partial charge >= 0.3 is 0 Å². The zero-order valence-corrected chi connectivity index (χ0v) is 8.10. The van der Waals surface area contributed by atoms with Gasteiger partial charge in [-0.2, -0.15) is 0 Å². The summed E-state index contributed by atoms with van der Waals surface area (Å²) in [6.07, 6.45) is 3.41. The lowest BCUT2D eigenvalue weighted by Gasteiger charge is -2.00. The zero-order valence-electron chi connectivity index (χ0n) is 8.10. The third-order valence-electron chi connectivity index (χ3n) is 2.06. The van der Waals surface area contributed by atoms with Crippen LogP contribution in [0, 0.1) is 10.1 Å². The maximum Gasteiger partial charge on any atom is 0.280 e. The van der Waals surface area contributed by atoms with Crippen molar-refractivity contribution in [2.45, 2.75) is 6.92 Å². The summed E-state index contributed by atoms with van der Waals surface area (Å²) in [6, 6.07) is 3.00. The van der Waals surface area contributed by atoms with E-state index >= 15 is 0 Å². The van der Waals surface area contributed by atoms with Gasteiger partial charge in [-0.05, 0) is 13.0 Å². The van der Waals surface area contributed by atoms with Crippen LogP contribution in [0.5, 0.6) is 11.5 Å². The molecule has 1 heterocycles. The summed E-state index contributed by atoms with van der Waals surface area (Å²) in [6.45, 7) is 1.92. The van der Waals surface area contributed by atoms with Gasteiger partial charge in [0.2, 0.25) is 6.79 Å². The molecule has 1 aliphatic rings. The Morgan fingerprint density at radius 2 is 2.07 bits per heavy atom. The van der Waals surface area contributed by atoms with Gasteiger partial charge in [-0.25, -0.2) is 0 Å². The molecule has 0 spiro atoms. The lowest BCUT2D eigenvalue weighted by Crippen LogP contribution is -1.93. The van der Waals surface area contributed by atoms with Crippen LogP contribution < -0.4 is 9.47 Å². The first-order valence-corrected chi connectivity index (χ1v) is 4.43. The fourth-order valence-corrected chi connectivity index (χ4v) is 1.42. The summed E-state index contributed by atoms with van der Waals surface area (Å²) in [5.41, 5.74) is 0.545. The summed E-state index contributed by atoms with van der Waals surface area (Å²) in [7, 11) is 0. The number of nitrogens with zero attached hydrogens (tertiary/aromatic N) is 1. The van der Waals surface area contributed by atoms with Crippen molar-refractivity contribution in [2.24, 2.45) is 0 Å². The minimum Gasteiger partial charge on any atom is -0.454 e. The summed E-state index contributed by atoms with van der Waals surface area (Å²) >= 11 is 0. The summed E-state index contributed by atoms with van der Waals surface area (Å²) in [5.74, 6) is 0.976. The molecule has 0 unspecified atom stereocenters. The number of nitro benzene ring substituents is 1. The molecule has 5 heteroatoms. The molecule has 0 aliphatic carbocycles. The Hall–Kier alpha value is -2.04. The van der Waals surface area contributed by atoms with E-state index in [1.807, 2.05) is 0 Å². The van der Waals surface area contributed by atoms with Crippen LogP contribution in [-0.4, -0.2) is 11.7 Å². The van der Waals surface area contributed by atoms with E-state index in [4.69, 9.17) is 9.47 Å². The van der Waals surface area contributed by atoms with Crippen molar-refractivity contribution in [3.63, 3.8) is 0 Å². The smallest absolute Gasteiger partial charge is 0.280 e. The Bertz CT molecular complexity index is 439. The van der Waals surface area contributed by atoms with Crippen LogP contribution in [0.25, 0.3) is 6.08 Å². The molecule has 0 saturated carbocycles. The van der Waals surface area contributed by atoms with E-state index in [1.54, 1.807) is 25.1 Å². The Morgan fingerprint density at radius 1 is 1.40 bits per heavy atom. The average Bonchev–Trinajstić information content (AvgIpc) is 2.63. The Kier molecular flexibility index (Phi) is 2.29. The molecule has 1 aromatic carbocycles. The molecule has 0 fully saturated rings. The van der Waals surface area contributed by atoms with Crippen LogP contribution >= 0.6 is 0 Å². The van der Waals surface area contributed by atoms with E-state index in [9.17, 15) is 10.1 Å². The summed E-state index contributed by atoms with van der Waals surface area (Å²) in [4.78, 5) is 10.3. The monoisotopic (exact) mass is 207 g/mol. The van der Waals surface area contributed by atoms with E-state index in [-0.39, 0.29) is 12.5 Å². The molecule has 5 nitrogen and oxygen atoms in total. The Balaban J connectivity index is 2.56. The number of nitro groups is 1. The second kappa shape index (κ2) is 3.61. The number of hydrogen-bond donors (Lipinski definition) is 0. The van der Waals surface area contributed by atoms with E-state index in [1.165, 1.54) is 6.07 Å². The largest absolute Gasteiger partial charge is 0.454 e. The van der Waals surface area contributed by atoms with Gasteiger partial charge in [0.05, 0.1) is 16.6 Å². The second-order valence-corrected chi connectivity index (χ2v) is 3.02. The van der Waals surface area contributed by atoms with Crippen molar-refractivity contribution in [1.82, 2.24) is 0 Å². The predicted octanol–water partition coefficient (Wildman–Crippen LogP) is 2.36. The highest BCUT2D eigenvalue weighted by Gasteiger charge is 2.21. The molecular weight excluding hydrogens is 198 g/mol. The molecule has 0 saturated heterocycles. The Morgan fingerprint density at radius 3 is 2.67 bits per heavy atom. The Labute approximate surface area is 86.1 Å². The minimum absolute atomic E-state index is 0.0253. The van der Waals surface area contributed by atoms with Crippen LogP contribution in [0.3, 0.4) is 0 Å². The van der Waals surface area contributed by atoms with Gasteiger partial charge in [-0.3, -0.25) is 10.1 Å². The standard InChI is InChI=1S/C10H9NO4/c1-2-3-7-4-9-10(15-6-14-9)5-8(7)11(12)13/h2-5H,6H2,1H3/b3-2+. The minimum atomic E-state index is -0.433. The van der Waals surface area contributed by atoms with Crippen molar-refractivity contribution < 1.29 is 14.4 Å². The molecule has 1 aliphatic heterocycles. The number of ether oxygens (including phenoxy) is 2. The van der Waals surface area contributed by atoms with Crippen molar-refractivity contribution in [3.8, 4) is 11.5 Å². The first kappa shape index (κ1) is 9.51.